The van der Waals surface area contributed by atoms with E-state index in [1.165, 1.54) is 0 Å². The van der Waals surface area contributed by atoms with Crippen molar-refractivity contribution in [2.75, 3.05) is 13.2 Å². The molecule has 0 bridgehead atoms. The van der Waals surface area contributed by atoms with E-state index in [0.29, 0.717) is 34.5 Å². The molecule has 0 radical (unpaired) electrons. The van der Waals surface area contributed by atoms with Gasteiger partial charge in [0.1, 0.15) is 11.2 Å². The van der Waals surface area contributed by atoms with Crippen LogP contribution in [0.15, 0.2) is 36.4 Å². The van der Waals surface area contributed by atoms with Gasteiger partial charge in [-0.3, -0.25) is 9.59 Å². The van der Waals surface area contributed by atoms with Gasteiger partial charge in [0.15, 0.2) is 0 Å². The number of H-pyrrole nitrogens is 1. The number of rotatable bonds is 5. The Hall–Kier alpha value is -2.54. The fraction of sp³-hybridized carbons (Fsp3) is 0.273. The summed E-state index contributed by atoms with van der Waals surface area (Å²) in [4.78, 5) is 27.5. The Morgan fingerprint density at radius 1 is 1.17 bits per heavy atom. The molecule has 1 aliphatic heterocycles. The Bertz CT molecular complexity index is 1150. The monoisotopic (exact) mass is 446 g/mol. The van der Waals surface area contributed by atoms with E-state index in [1.54, 1.807) is 31.2 Å². The number of aromatic amines is 1. The van der Waals surface area contributed by atoms with E-state index in [1.807, 2.05) is 19.1 Å². The highest BCUT2D eigenvalue weighted by Gasteiger charge is 2.42. The van der Waals surface area contributed by atoms with E-state index < -0.39 is 17.4 Å². The molecular weight excluding hydrogens is 427 g/mol. The fourth-order valence-electron chi connectivity index (χ4n) is 3.73. The van der Waals surface area contributed by atoms with Crippen molar-refractivity contribution in [3.05, 3.63) is 68.8 Å². The standard InChI is InChI=1S/C22H20Cl2N2O4/c1-11(21(28)29)13-3-5-14(6-4-13)22(9-30-10-22)26-20(27)19-12(2)17-16(25-19)8-7-15(23)18(17)24/h3-8,11,25H,9-10H2,1-2H3,(H,26,27)(H,28,29)/t11-/m0/s1. The van der Waals surface area contributed by atoms with Gasteiger partial charge in [-0.2, -0.15) is 0 Å². The van der Waals surface area contributed by atoms with E-state index >= 15 is 0 Å². The summed E-state index contributed by atoms with van der Waals surface area (Å²) in [7, 11) is 0. The van der Waals surface area contributed by atoms with Crippen molar-refractivity contribution in [3.63, 3.8) is 0 Å². The third kappa shape index (κ3) is 3.35. The average molecular weight is 447 g/mol. The fourth-order valence-corrected chi connectivity index (χ4v) is 4.20. The number of fused-ring (bicyclic) bond motifs is 1. The van der Waals surface area contributed by atoms with Gasteiger partial charge in [-0.1, -0.05) is 47.5 Å². The van der Waals surface area contributed by atoms with E-state index in [2.05, 4.69) is 10.3 Å². The maximum absolute atomic E-state index is 13.1. The Morgan fingerprint density at radius 2 is 1.83 bits per heavy atom. The summed E-state index contributed by atoms with van der Waals surface area (Å²) < 4.78 is 5.41. The molecule has 4 rings (SSSR count). The lowest BCUT2D eigenvalue weighted by molar-refractivity contribution is -0.138. The highest BCUT2D eigenvalue weighted by atomic mass is 35.5. The largest absolute Gasteiger partial charge is 0.481 e. The highest BCUT2D eigenvalue weighted by molar-refractivity contribution is 6.45. The van der Waals surface area contributed by atoms with Crippen LogP contribution in [0, 0.1) is 6.92 Å². The first kappa shape index (κ1) is 20.7. The minimum atomic E-state index is -0.884. The van der Waals surface area contributed by atoms with Gasteiger partial charge in [-0.25, -0.2) is 0 Å². The van der Waals surface area contributed by atoms with Crippen LogP contribution in [0.4, 0.5) is 0 Å². The molecule has 1 amide bonds. The van der Waals surface area contributed by atoms with Gasteiger partial charge >= 0.3 is 5.97 Å². The first-order valence-corrected chi connectivity index (χ1v) is 10.2. The number of carbonyl (C=O) groups is 2. The highest BCUT2D eigenvalue weighted by Crippen LogP contribution is 2.35. The predicted molar refractivity (Wildman–Crippen MR) is 116 cm³/mol. The van der Waals surface area contributed by atoms with E-state index in [-0.39, 0.29) is 5.91 Å². The van der Waals surface area contributed by atoms with Crippen LogP contribution < -0.4 is 5.32 Å². The van der Waals surface area contributed by atoms with Crippen molar-refractivity contribution in [2.24, 2.45) is 0 Å². The van der Waals surface area contributed by atoms with Gasteiger partial charge in [0.25, 0.3) is 5.91 Å². The number of ether oxygens (including phenoxy) is 1. The molecule has 1 aliphatic rings. The van der Waals surface area contributed by atoms with Crippen molar-refractivity contribution in [2.45, 2.75) is 25.3 Å². The summed E-state index contributed by atoms with van der Waals surface area (Å²) in [6.07, 6.45) is 0. The second-order valence-electron chi connectivity index (χ2n) is 7.62. The molecule has 1 atom stereocenters. The van der Waals surface area contributed by atoms with Gasteiger partial charge in [0, 0.05) is 10.9 Å². The van der Waals surface area contributed by atoms with Crippen LogP contribution >= 0.6 is 23.2 Å². The van der Waals surface area contributed by atoms with Crippen molar-refractivity contribution < 1.29 is 19.4 Å². The number of aryl methyl sites for hydroxylation is 1. The normalized spacial score (nSPS) is 16.1. The van der Waals surface area contributed by atoms with Gasteiger partial charge in [-0.05, 0) is 42.7 Å². The lowest BCUT2D eigenvalue weighted by Gasteiger charge is -2.42. The number of hydrogen-bond donors (Lipinski definition) is 3. The Balaban J connectivity index is 1.63. The number of nitrogens with one attached hydrogen (secondary N) is 2. The van der Waals surface area contributed by atoms with Crippen LogP contribution in [-0.4, -0.2) is 35.2 Å². The Morgan fingerprint density at radius 3 is 2.40 bits per heavy atom. The quantitative estimate of drug-likeness (QED) is 0.532. The molecular formula is C22H20Cl2N2O4. The van der Waals surface area contributed by atoms with Crippen LogP contribution in [0.1, 0.15) is 40.0 Å². The maximum Gasteiger partial charge on any atom is 0.310 e. The molecule has 2 aromatic carbocycles. The molecule has 6 nitrogen and oxygen atoms in total. The van der Waals surface area contributed by atoms with Crippen LogP contribution in [0.25, 0.3) is 10.9 Å². The summed E-state index contributed by atoms with van der Waals surface area (Å²) >= 11 is 12.5. The van der Waals surface area contributed by atoms with Crippen LogP contribution in [0.3, 0.4) is 0 Å². The molecule has 3 N–H and O–H groups in total. The zero-order chi connectivity index (χ0) is 21.6. The molecule has 2 heterocycles. The van der Waals surface area contributed by atoms with Crippen molar-refractivity contribution >= 4 is 46.0 Å². The topological polar surface area (TPSA) is 91.4 Å². The molecule has 0 aliphatic carbocycles. The van der Waals surface area contributed by atoms with Gasteiger partial charge in [0.05, 0.1) is 29.2 Å². The number of aromatic nitrogens is 1. The Labute approximate surface area is 183 Å². The molecule has 0 saturated carbocycles. The van der Waals surface area contributed by atoms with Crippen molar-refractivity contribution in [1.82, 2.24) is 10.3 Å². The molecule has 8 heteroatoms. The average Bonchev–Trinajstić information content (AvgIpc) is 3.04. The van der Waals surface area contributed by atoms with E-state index in [0.717, 1.165) is 22.0 Å². The summed E-state index contributed by atoms with van der Waals surface area (Å²) in [5, 5.41) is 13.8. The van der Waals surface area contributed by atoms with Crippen LogP contribution in [-0.2, 0) is 15.1 Å². The predicted octanol–water partition coefficient (Wildman–Crippen LogP) is 4.63. The molecule has 3 aromatic rings. The number of amides is 1. The molecule has 1 aromatic heterocycles. The summed E-state index contributed by atoms with van der Waals surface area (Å²) in [5.74, 6) is -1.76. The van der Waals surface area contributed by atoms with Gasteiger partial charge in [-0.15, -0.1) is 0 Å². The summed E-state index contributed by atoms with van der Waals surface area (Å²) in [6, 6.07) is 10.7. The SMILES string of the molecule is Cc1c(C(=O)NC2(c3ccc([C@H](C)C(=O)O)cc3)COC2)[nH]c2ccc(Cl)c(Cl)c12. The molecule has 0 spiro atoms. The zero-order valence-electron chi connectivity index (χ0n) is 16.4. The number of carboxylic acid groups (broad SMARTS) is 1. The zero-order valence-corrected chi connectivity index (χ0v) is 17.9. The number of benzene rings is 2. The number of hydrogen-bond acceptors (Lipinski definition) is 3. The first-order valence-electron chi connectivity index (χ1n) is 9.43. The number of carboxylic acids is 1. The van der Waals surface area contributed by atoms with E-state index in [9.17, 15) is 14.7 Å². The van der Waals surface area contributed by atoms with Crippen LogP contribution in [0.2, 0.25) is 10.0 Å². The van der Waals surface area contributed by atoms with Crippen molar-refractivity contribution in [1.29, 1.82) is 0 Å². The molecule has 1 saturated heterocycles. The van der Waals surface area contributed by atoms with Crippen LogP contribution in [0.5, 0.6) is 0 Å². The summed E-state index contributed by atoms with van der Waals surface area (Å²) in [6.45, 7) is 4.12. The number of aliphatic carboxylic acids is 1. The lowest BCUT2D eigenvalue weighted by Crippen LogP contribution is -2.59. The van der Waals surface area contributed by atoms with Crippen molar-refractivity contribution in [3.8, 4) is 0 Å². The molecule has 1 fully saturated rings. The lowest BCUT2D eigenvalue weighted by atomic mass is 9.86. The van der Waals surface area contributed by atoms with Gasteiger partial charge < -0.3 is 20.1 Å². The third-order valence-electron chi connectivity index (χ3n) is 5.71. The number of carbonyl (C=O) groups excluding carboxylic acids is 1. The van der Waals surface area contributed by atoms with E-state index in [4.69, 9.17) is 27.9 Å². The number of halogens is 2. The van der Waals surface area contributed by atoms with Gasteiger partial charge in [0.2, 0.25) is 0 Å². The molecule has 0 unspecified atom stereocenters. The maximum atomic E-state index is 13.1. The summed E-state index contributed by atoms with van der Waals surface area (Å²) in [5.41, 5.74) is 2.75. The minimum absolute atomic E-state index is 0.276. The smallest absolute Gasteiger partial charge is 0.310 e. The minimum Gasteiger partial charge on any atom is -0.481 e. The second-order valence-corrected chi connectivity index (χ2v) is 8.41. The third-order valence-corrected chi connectivity index (χ3v) is 6.52. The second kappa shape index (κ2) is 7.61. The first-order chi connectivity index (χ1) is 14.2. The molecule has 30 heavy (non-hydrogen) atoms. The molecule has 156 valence electrons. The Kier molecular flexibility index (Phi) is 5.26.